The Hall–Kier alpha value is -0.580. The van der Waals surface area contributed by atoms with E-state index in [0.717, 1.165) is 29.9 Å². The normalized spacial score (nSPS) is 24.4. The highest BCUT2D eigenvalue weighted by molar-refractivity contribution is 9.10. The fourth-order valence-corrected chi connectivity index (χ4v) is 4.12. The molecule has 0 saturated carbocycles. The molecule has 4 heteroatoms. The third-order valence-corrected chi connectivity index (χ3v) is 5.60. The molecule has 1 atom stereocenters. The number of hydrogen-bond acceptors (Lipinski definition) is 3. The molecule has 1 aromatic carbocycles. The molecule has 0 radical (unpaired) electrons. The SMILES string of the molecule is CC1CN(CCC2CN(C)C2)CCc2cc(Br)c(O)cc21. The lowest BCUT2D eigenvalue weighted by atomic mass is 9.95. The van der Waals surface area contributed by atoms with Crippen LogP contribution in [0.3, 0.4) is 0 Å². The number of nitrogens with zero attached hydrogens (tertiary/aromatic N) is 2. The van der Waals surface area contributed by atoms with Crippen LogP contribution in [-0.4, -0.2) is 54.7 Å². The van der Waals surface area contributed by atoms with Crippen molar-refractivity contribution in [1.29, 1.82) is 0 Å². The Bertz CT molecular complexity index is 514. The lowest BCUT2D eigenvalue weighted by Crippen LogP contribution is -2.45. The summed E-state index contributed by atoms with van der Waals surface area (Å²) < 4.78 is 0.819. The topological polar surface area (TPSA) is 26.7 Å². The zero-order valence-electron chi connectivity index (χ0n) is 13.0. The van der Waals surface area contributed by atoms with Crippen molar-refractivity contribution >= 4 is 15.9 Å². The predicted molar refractivity (Wildman–Crippen MR) is 90.0 cm³/mol. The van der Waals surface area contributed by atoms with Gasteiger partial charge >= 0.3 is 0 Å². The summed E-state index contributed by atoms with van der Waals surface area (Å²) >= 11 is 3.44. The largest absolute Gasteiger partial charge is 0.507 e. The summed E-state index contributed by atoms with van der Waals surface area (Å²) in [5, 5.41) is 9.93. The van der Waals surface area contributed by atoms with Gasteiger partial charge < -0.3 is 14.9 Å². The highest BCUT2D eigenvalue weighted by atomic mass is 79.9. The summed E-state index contributed by atoms with van der Waals surface area (Å²) in [5.74, 6) is 1.76. The van der Waals surface area contributed by atoms with Gasteiger partial charge in [0, 0.05) is 26.2 Å². The van der Waals surface area contributed by atoms with E-state index in [9.17, 15) is 5.11 Å². The number of halogens is 1. The monoisotopic (exact) mass is 352 g/mol. The van der Waals surface area contributed by atoms with Gasteiger partial charge in [-0.2, -0.15) is 0 Å². The van der Waals surface area contributed by atoms with Gasteiger partial charge in [-0.1, -0.05) is 6.92 Å². The Morgan fingerprint density at radius 3 is 2.76 bits per heavy atom. The molecule has 0 aromatic heterocycles. The summed E-state index contributed by atoms with van der Waals surface area (Å²) in [5.41, 5.74) is 2.71. The van der Waals surface area contributed by atoms with Crippen molar-refractivity contribution in [2.24, 2.45) is 5.92 Å². The molecular formula is C17H25BrN2O. The van der Waals surface area contributed by atoms with Crippen molar-refractivity contribution in [2.45, 2.75) is 25.7 Å². The summed E-state index contributed by atoms with van der Waals surface area (Å²) in [6.07, 6.45) is 2.41. The molecule has 0 spiro atoms. The predicted octanol–water partition coefficient (Wildman–Crippen LogP) is 3.07. The zero-order valence-corrected chi connectivity index (χ0v) is 14.6. The lowest BCUT2D eigenvalue weighted by Gasteiger charge is -2.37. The Morgan fingerprint density at radius 1 is 1.29 bits per heavy atom. The molecule has 1 aromatic rings. The molecule has 2 aliphatic rings. The second-order valence-corrected chi connectivity index (χ2v) is 7.68. The van der Waals surface area contributed by atoms with Crippen LogP contribution in [0, 0.1) is 5.92 Å². The van der Waals surface area contributed by atoms with Gasteiger partial charge in [-0.3, -0.25) is 0 Å². The quantitative estimate of drug-likeness (QED) is 0.905. The molecule has 2 heterocycles. The first kappa shape index (κ1) is 15.3. The molecule has 3 nitrogen and oxygen atoms in total. The molecule has 1 saturated heterocycles. The van der Waals surface area contributed by atoms with E-state index in [1.54, 1.807) is 0 Å². The van der Waals surface area contributed by atoms with Gasteiger partial charge in [-0.15, -0.1) is 0 Å². The maximum absolute atomic E-state index is 9.93. The first-order valence-electron chi connectivity index (χ1n) is 7.95. The van der Waals surface area contributed by atoms with E-state index in [0.29, 0.717) is 11.7 Å². The Labute approximate surface area is 136 Å². The van der Waals surface area contributed by atoms with Crippen LogP contribution in [0.4, 0.5) is 0 Å². The number of rotatable bonds is 3. The second kappa shape index (κ2) is 6.27. The molecule has 0 aliphatic carbocycles. The van der Waals surface area contributed by atoms with Crippen LogP contribution in [0.25, 0.3) is 0 Å². The first-order chi connectivity index (χ1) is 10.0. The van der Waals surface area contributed by atoms with Gasteiger partial charge in [-0.25, -0.2) is 0 Å². The second-order valence-electron chi connectivity index (χ2n) is 6.83. The summed E-state index contributed by atoms with van der Waals surface area (Å²) in [6.45, 7) is 8.27. The molecule has 116 valence electrons. The maximum Gasteiger partial charge on any atom is 0.130 e. The van der Waals surface area contributed by atoms with Crippen LogP contribution >= 0.6 is 15.9 Å². The highest BCUT2D eigenvalue weighted by Gasteiger charge is 2.25. The van der Waals surface area contributed by atoms with E-state index >= 15 is 0 Å². The number of phenols is 1. The minimum atomic E-state index is 0.367. The minimum Gasteiger partial charge on any atom is -0.507 e. The number of likely N-dealkylation sites (tertiary alicyclic amines) is 1. The molecule has 21 heavy (non-hydrogen) atoms. The summed E-state index contributed by atoms with van der Waals surface area (Å²) in [7, 11) is 2.20. The third-order valence-electron chi connectivity index (χ3n) is 4.96. The van der Waals surface area contributed by atoms with Crippen LogP contribution in [0.2, 0.25) is 0 Å². The van der Waals surface area contributed by atoms with Gasteiger partial charge in [0.25, 0.3) is 0 Å². The average molecular weight is 353 g/mol. The van der Waals surface area contributed by atoms with Crippen molar-refractivity contribution in [1.82, 2.24) is 9.80 Å². The highest BCUT2D eigenvalue weighted by Crippen LogP contribution is 2.34. The van der Waals surface area contributed by atoms with E-state index in [-0.39, 0.29) is 0 Å². The van der Waals surface area contributed by atoms with Crippen molar-refractivity contribution in [3.63, 3.8) is 0 Å². The van der Waals surface area contributed by atoms with E-state index in [1.807, 2.05) is 6.07 Å². The van der Waals surface area contributed by atoms with E-state index < -0.39 is 0 Å². The Balaban J connectivity index is 1.62. The van der Waals surface area contributed by atoms with Crippen molar-refractivity contribution < 1.29 is 5.11 Å². The fourth-order valence-electron chi connectivity index (χ4n) is 3.73. The van der Waals surface area contributed by atoms with Crippen LogP contribution < -0.4 is 0 Å². The Kier molecular flexibility index (Phi) is 4.57. The zero-order chi connectivity index (χ0) is 15.0. The first-order valence-corrected chi connectivity index (χ1v) is 8.74. The maximum atomic E-state index is 9.93. The van der Waals surface area contributed by atoms with Crippen LogP contribution in [0.5, 0.6) is 5.75 Å². The number of phenolic OH excluding ortho intramolecular Hbond substituents is 1. The van der Waals surface area contributed by atoms with Crippen molar-refractivity contribution in [2.75, 3.05) is 39.8 Å². The molecule has 1 unspecified atom stereocenters. The molecule has 0 bridgehead atoms. The summed E-state index contributed by atoms with van der Waals surface area (Å²) in [4.78, 5) is 5.00. The number of hydrogen-bond donors (Lipinski definition) is 1. The molecular weight excluding hydrogens is 328 g/mol. The van der Waals surface area contributed by atoms with E-state index in [1.165, 1.54) is 37.2 Å². The number of aromatic hydroxyl groups is 1. The fraction of sp³-hybridized carbons (Fsp3) is 0.647. The molecule has 2 aliphatic heterocycles. The standard InChI is InChI=1S/C17H25BrN2O/c1-12-9-20(5-3-13-10-19(2)11-13)6-4-14-7-16(18)17(21)8-15(12)14/h7-8,12-13,21H,3-6,9-11H2,1-2H3. The van der Waals surface area contributed by atoms with E-state index in [2.05, 4.69) is 45.8 Å². The smallest absolute Gasteiger partial charge is 0.130 e. The van der Waals surface area contributed by atoms with Gasteiger partial charge in [0.05, 0.1) is 4.47 Å². The number of benzene rings is 1. The van der Waals surface area contributed by atoms with Gasteiger partial charge in [-0.05, 0) is 77.5 Å². The molecule has 0 amide bonds. The minimum absolute atomic E-state index is 0.367. The van der Waals surface area contributed by atoms with Gasteiger partial charge in [0.15, 0.2) is 0 Å². The van der Waals surface area contributed by atoms with Gasteiger partial charge in [0.2, 0.25) is 0 Å². The van der Waals surface area contributed by atoms with Crippen molar-refractivity contribution in [3.05, 3.63) is 27.7 Å². The van der Waals surface area contributed by atoms with Crippen molar-refractivity contribution in [3.8, 4) is 5.75 Å². The number of fused-ring (bicyclic) bond motifs is 1. The molecule has 3 rings (SSSR count). The van der Waals surface area contributed by atoms with Crippen LogP contribution in [0.1, 0.15) is 30.4 Å². The van der Waals surface area contributed by atoms with Gasteiger partial charge in [0.1, 0.15) is 5.75 Å². The van der Waals surface area contributed by atoms with E-state index in [4.69, 9.17) is 0 Å². The molecule has 1 fully saturated rings. The Morgan fingerprint density at radius 2 is 2.05 bits per heavy atom. The van der Waals surface area contributed by atoms with Crippen LogP contribution in [-0.2, 0) is 6.42 Å². The molecule has 1 N–H and O–H groups in total. The third kappa shape index (κ3) is 3.43. The lowest BCUT2D eigenvalue weighted by molar-refractivity contribution is 0.112. The van der Waals surface area contributed by atoms with Crippen LogP contribution in [0.15, 0.2) is 16.6 Å². The summed E-state index contributed by atoms with van der Waals surface area (Å²) in [6, 6.07) is 4.06. The average Bonchev–Trinajstić information content (AvgIpc) is 2.55.